The smallest absolute Gasteiger partial charge is 0.233 e. The lowest BCUT2D eigenvalue weighted by Crippen LogP contribution is -2.34. The third-order valence-electron chi connectivity index (χ3n) is 3.69. The van der Waals surface area contributed by atoms with Crippen LogP contribution in [0.3, 0.4) is 0 Å². The van der Waals surface area contributed by atoms with Gasteiger partial charge in [-0.05, 0) is 29.3 Å². The van der Waals surface area contributed by atoms with Crippen LogP contribution in [0.5, 0.6) is 0 Å². The van der Waals surface area contributed by atoms with Gasteiger partial charge in [-0.2, -0.15) is 0 Å². The molecule has 0 aliphatic carbocycles. The molecule has 0 saturated heterocycles. The molecule has 0 bridgehead atoms. The summed E-state index contributed by atoms with van der Waals surface area (Å²) < 4.78 is 26.6. The Hall–Kier alpha value is -2.21. The summed E-state index contributed by atoms with van der Waals surface area (Å²) in [5.41, 5.74) is 1.34. The predicted molar refractivity (Wildman–Crippen MR) is 91.8 cm³/mol. The van der Waals surface area contributed by atoms with Crippen LogP contribution in [-0.4, -0.2) is 29.1 Å². The van der Waals surface area contributed by atoms with Gasteiger partial charge in [0.05, 0.1) is 13.0 Å². The minimum Gasteiger partial charge on any atom is -0.289 e. The van der Waals surface area contributed by atoms with Crippen molar-refractivity contribution in [3.05, 3.63) is 71.3 Å². The Morgan fingerprint density at radius 2 is 1.88 bits per heavy atom. The van der Waals surface area contributed by atoms with Crippen molar-refractivity contribution in [2.45, 2.75) is 12.2 Å². The van der Waals surface area contributed by atoms with Gasteiger partial charge in [0.1, 0.15) is 11.6 Å². The summed E-state index contributed by atoms with van der Waals surface area (Å²) >= 11 is 1.36. The monoisotopic (exact) mass is 346 g/mol. The quantitative estimate of drug-likeness (QED) is 0.847. The molecule has 0 atom stereocenters. The van der Waals surface area contributed by atoms with Gasteiger partial charge in [0, 0.05) is 12.3 Å². The van der Waals surface area contributed by atoms with Crippen LogP contribution < -0.4 is 0 Å². The van der Waals surface area contributed by atoms with Crippen LogP contribution in [-0.2, 0) is 17.0 Å². The van der Waals surface area contributed by atoms with E-state index in [1.807, 2.05) is 0 Å². The maximum atomic E-state index is 13.7. The maximum Gasteiger partial charge on any atom is 0.233 e. The molecule has 6 heteroatoms. The van der Waals surface area contributed by atoms with E-state index >= 15 is 0 Å². The van der Waals surface area contributed by atoms with Crippen molar-refractivity contribution >= 4 is 22.8 Å². The summed E-state index contributed by atoms with van der Waals surface area (Å²) in [5, 5.41) is 0.616. The highest BCUT2D eigenvalue weighted by Crippen LogP contribution is 2.22. The second-order valence-electron chi connectivity index (χ2n) is 5.39. The molecular formula is C18H16F2N2OS. The molecule has 0 unspecified atom stereocenters. The Labute approximate surface area is 143 Å². The van der Waals surface area contributed by atoms with Crippen molar-refractivity contribution in [1.29, 1.82) is 0 Å². The molecule has 0 radical (unpaired) electrons. The molecule has 124 valence electrons. The number of carbonyl (C=O) groups excluding carboxylic acids is 1. The maximum absolute atomic E-state index is 13.7. The third kappa shape index (κ3) is 4.00. The largest absolute Gasteiger partial charge is 0.289 e. The fourth-order valence-corrected chi connectivity index (χ4v) is 3.46. The average molecular weight is 346 g/mol. The molecule has 0 N–H and O–H groups in total. The van der Waals surface area contributed by atoms with Crippen molar-refractivity contribution < 1.29 is 13.6 Å². The molecule has 1 aliphatic heterocycles. The number of aliphatic imine (C=N–C) groups is 1. The molecule has 1 amide bonds. The SMILES string of the molecule is O=C(Cc1ccc(F)cc1)N1CCN=C1SCc1ccccc1F. The number of amidine groups is 1. The molecule has 3 nitrogen and oxygen atoms in total. The molecule has 0 aromatic heterocycles. The summed E-state index contributed by atoms with van der Waals surface area (Å²) in [5.74, 6) is -0.243. The molecule has 24 heavy (non-hydrogen) atoms. The number of halogens is 2. The highest BCUT2D eigenvalue weighted by Gasteiger charge is 2.24. The summed E-state index contributed by atoms with van der Waals surface area (Å²) in [7, 11) is 0. The third-order valence-corrected chi connectivity index (χ3v) is 4.75. The number of hydrogen-bond acceptors (Lipinski definition) is 3. The van der Waals surface area contributed by atoms with Gasteiger partial charge in [-0.15, -0.1) is 0 Å². The molecule has 0 fully saturated rings. The minimum absolute atomic E-state index is 0.0844. The molecule has 3 rings (SSSR count). The van der Waals surface area contributed by atoms with E-state index in [0.29, 0.717) is 29.6 Å². The molecule has 0 spiro atoms. The first kappa shape index (κ1) is 16.6. The van der Waals surface area contributed by atoms with Gasteiger partial charge in [-0.3, -0.25) is 14.7 Å². The number of thioether (sulfide) groups is 1. The Bertz CT molecular complexity index is 762. The highest BCUT2D eigenvalue weighted by atomic mass is 32.2. The van der Waals surface area contributed by atoms with E-state index in [-0.39, 0.29) is 24.0 Å². The zero-order valence-corrected chi connectivity index (χ0v) is 13.7. The first-order valence-corrected chi connectivity index (χ1v) is 8.57. The standard InChI is InChI=1S/C18H16F2N2OS/c19-15-7-5-13(6-8-15)11-17(23)22-10-9-21-18(22)24-12-14-3-1-2-4-16(14)20/h1-8H,9-12H2. The first-order valence-electron chi connectivity index (χ1n) is 7.59. The van der Waals surface area contributed by atoms with Crippen molar-refractivity contribution in [1.82, 2.24) is 4.90 Å². The fraction of sp³-hybridized carbons (Fsp3) is 0.222. The fourth-order valence-electron chi connectivity index (χ4n) is 2.41. The lowest BCUT2D eigenvalue weighted by Gasteiger charge is -2.18. The summed E-state index contributed by atoms with van der Waals surface area (Å²) in [6.07, 6.45) is 0.194. The topological polar surface area (TPSA) is 32.7 Å². The van der Waals surface area contributed by atoms with Gasteiger partial charge >= 0.3 is 0 Å². The Kier molecular flexibility index (Phi) is 5.25. The Balaban J connectivity index is 1.61. The first-order chi connectivity index (χ1) is 11.6. The number of benzene rings is 2. The Morgan fingerprint density at radius 1 is 1.12 bits per heavy atom. The van der Waals surface area contributed by atoms with Gasteiger partial charge in [0.2, 0.25) is 5.91 Å². The van der Waals surface area contributed by atoms with Crippen LogP contribution in [0.25, 0.3) is 0 Å². The van der Waals surface area contributed by atoms with E-state index < -0.39 is 0 Å². The van der Waals surface area contributed by atoms with E-state index in [0.717, 1.165) is 5.56 Å². The van der Waals surface area contributed by atoms with Crippen LogP contribution in [0, 0.1) is 11.6 Å². The van der Waals surface area contributed by atoms with Crippen LogP contribution in [0.4, 0.5) is 8.78 Å². The molecule has 2 aromatic carbocycles. The predicted octanol–water partition coefficient (Wildman–Crippen LogP) is 3.64. The van der Waals surface area contributed by atoms with Crippen molar-refractivity contribution in [2.24, 2.45) is 4.99 Å². The van der Waals surface area contributed by atoms with Crippen LogP contribution in [0.1, 0.15) is 11.1 Å². The van der Waals surface area contributed by atoms with E-state index in [1.165, 1.54) is 30.0 Å². The van der Waals surface area contributed by atoms with Crippen LogP contribution in [0.15, 0.2) is 53.5 Å². The van der Waals surface area contributed by atoms with E-state index in [1.54, 1.807) is 35.2 Å². The van der Waals surface area contributed by atoms with Gasteiger partial charge in [0.25, 0.3) is 0 Å². The second kappa shape index (κ2) is 7.57. The van der Waals surface area contributed by atoms with Crippen molar-refractivity contribution in [2.75, 3.05) is 13.1 Å². The zero-order valence-electron chi connectivity index (χ0n) is 12.9. The van der Waals surface area contributed by atoms with Gasteiger partial charge in [-0.25, -0.2) is 8.78 Å². The molecule has 1 aliphatic rings. The molecule has 2 aromatic rings. The zero-order chi connectivity index (χ0) is 16.9. The lowest BCUT2D eigenvalue weighted by molar-refractivity contribution is -0.126. The van der Waals surface area contributed by atoms with E-state index in [2.05, 4.69) is 4.99 Å². The van der Waals surface area contributed by atoms with Crippen molar-refractivity contribution in [3.8, 4) is 0 Å². The van der Waals surface area contributed by atoms with Crippen LogP contribution >= 0.6 is 11.8 Å². The lowest BCUT2D eigenvalue weighted by atomic mass is 10.1. The minimum atomic E-state index is -0.324. The normalized spacial score (nSPS) is 13.9. The van der Waals surface area contributed by atoms with Crippen molar-refractivity contribution in [3.63, 3.8) is 0 Å². The summed E-state index contributed by atoms with van der Waals surface area (Å²) in [4.78, 5) is 18.4. The number of rotatable bonds is 4. The Morgan fingerprint density at radius 3 is 2.62 bits per heavy atom. The number of nitrogens with zero attached hydrogens (tertiary/aromatic N) is 2. The van der Waals surface area contributed by atoms with Crippen LogP contribution in [0.2, 0.25) is 0 Å². The van der Waals surface area contributed by atoms with Gasteiger partial charge in [0.15, 0.2) is 5.17 Å². The average Bonchev–Trinajstić information content (AvgIpc) is 3.05. The molecule has 0 saturated carbocycles. The number of amides is 1. The summed E-state index contributed by atoms with van der Waals surface area (Å²) in [6, 6.07) is 12.5. The van der Waals surface area contributed by atoms with Gasteiger partial charge in [-0.1, -0.05) is 42.1 Å². The highest BCUT2D eigenvalue weighted by molar-refractivity contribution is 8.13. The summed E-state index contributed by atoms with van der Waals surface area (Å²) in [6.45, 7) is 1.08. The second-order valence-corrected chi connectivity index (χ2v) is 6.34. The molecular weight excluding hydrogens is 330 g/mol. The van der Waals surface area contributed by atoms with Gasteiger partial charge < -0.3 is 0 Å². The number of carbonyl (C=O) groups is 1. The van der Waals surface area contributed by atoms with E-state index in [4.69, 9.17) is 0 Å². The number of hydrogen-bond donors (Lipinski definition) is 0. The van der Waals surface area contributed by atoms with E-state index in [9.17, 15) is 13.6 Å². The molecule has 1 heterocycles.